The molecule has 1 amide bonds. The summed E-state index contributed by atoms with van der Waals surface area (Å²) < 4.78 is 3.09. The molecule has 124 valence electrons. The Labute approximate surface area is 149 Å². The number of thioether (sulfide) groups is 1. The molecule has 0 unspecified atom stereocenters. The van der Waals surface area contributed by atoms with Crippen molar-refractivity contribution in [3.05, 3.63) is 34.1 Å². The lowest BCUT2D eigenvalue weighted by Crippen LogP contribution is -2.15. The van der Waals surface area contributed by atoms with Gasteiger partial charge in [-0.15, -0.1) is 10.2 Å². The Balaban J connectivity index is 1.98. The lowest BCUT2D eigenvalue weighted by atomic mass is 10.2. The molecular weight excluding hydrogens is 376 g/mol. The molecule has 0 spiro atoms. The summed E-state index contributed by atoms with van der Waals surface area (Å²) in [4.78, 5) is 12.1. The summed E-state index contributed by atoms with van der Waals surface area (Å²) in [6.45, 7) is 9.03. The van der Waals surface area contributed by atoms with Gasteiger partial charge in [-0.2, -0.15) is 0 Å². The van der Waals surface area contributed by atoms with E-state index in [0.717, 1.165) is 33.2 Å². The van der Waals surface area contributed by atoms with Gasteiger partial charge < -0.3 is 9.88 Å². The zero-order valence-electron chi connectivity index (χ0n) is 13.8. The highest BCUT2D eigenvalue weighted by Gasteiger charge is 2.15. The van der Waals surface area contributed by atoms with Crippen molar-refractivity contribution in [1.29, 1.82) is 0 Å². The highest BCUT2D eigenvalue weighted by Crippen LogP contribution is 2.23. The molecule has 2 rings (SSSR count). The number of carbonyl (C=O) groups excluding carboxylic acids is 1. The minimum atomic E-state index is -0.0477. The standard InChI is InChI=1S/C16H21BrN4OS/c1-5-21-15(10(2)3)19-20-16(21)23-9-14(22)18-12-6-7-13(17)11(4)8-12/h6-8,10H,5,9H2,1-4H3,(H,18,22). The molecule has 1 aromatic heterocycles. The fourth-order valence-electron chi connectivity index (χ4n) is 2.18. The van der Waals surface area contributed by atoms with Crippen LogP contribution in [-0.2, 0) is 11.3 Å². The van der Waals surface area contributed by atoms with Gasteiger partial charge in [0.05, 0.1) is 5.75 Å². The van der Waals surface area contributed by atoms with E-state index >= 15 is 0 Å². The summed E-state index contributed by atoms with van der Waals surface area (Å²) in [5.74, 6) is 1.54. The fourth-order valence-corrected chi connectivity index (χ4v) is 3.24. The third-order valence-electron chi connectivity index (χ3n) is 3.35. The number of carbonyl (C=O) groups is 1. The second kappa shape index (κ2) is 7.97. The Kier molecular flexibility index (Phi) is 6.24. The van der Waals surface area contributed by atoms with Crippen LogP contribution >= 0.6 is 27.7 Å². The zero-order chi connectivity index (χ0) is 17.0. The number of nitrogens with one attached hydrogen (secondary N) is 1. The van der Waals surface area contributed by atoms with Gasteiger partial charge in [-0.05, 0) is 37.6 Å². The van der Waals surface area contributed by atoms with Gasteiger partial charge >= 0.3 is 0 Å². The van der Waals surface area contributed by atoms with Crippen LogP contribution in [-0.4, -0.2) is 26.4 Å². The molecule has 0 saturated carbocycles. The molecule has 23 heavy (non-hydrogen) atoms. The van der Waals surface area contributed by atoms with Crippen molar-refractivity contribution in [2.24, 2.45) is 0 Å². The minimum Gasteiger partial charge on any atom is -0.325 e. The van der Waals surface area contributed by atoms with Crippen LogP contribution in [0.3, 0.4) is 0 Å². The molecule has 1 aromatic carbocycles. The van der Waals surface area contributed by atoms with E-state index in [1.165, 1.54) is 11.8 Å². The van der Waals surface area contributed by atoms with E-state index in [4.69, 9.17) is 0 Å². The number of nitrogens with zero attached hydrogens (tertiary/aromatic N) is 3. The number of aromatic nitrogens is 3. The molecule has 0 radical (unpaired) electrons. The molecular formula is C16H21BrN4OS. The molecule has 1 heterocycles. The summed E-state index contributed by atoms with van der Waals surface area (Å²) in [5, 5.41) is 12.1. The van der Waals surface area contributed by atoms with Crippen LogP contribution in [0.2, 0.25) is 0 Å². The molecule has 1 N–H and O–H groups in total. The van der Waals surface area contributed by atoms with Crippen LogP contribution in [0.4, 0.5) is 5.69 Å². The first-order chi connectivity index (χ1) is 10.9. The van der Waals surface area contributed by atoms with Gasteiger partial charge in [-0.25, -0.2) is 0 Å². The van der Waals surface area contributed by atoms with Crippen LogP contribution in [0.1, 0.15) is 38.1 Å². The van der Waals surface area contributed by atoms with Gasteiger partial charge in [-0.1, -0.05) is 41.5 Å². The SMILES string of the molecule is CCn1c(SCC(=O)Nc2ccc(Br)c(C)c2)nnc1C(C)C. The van der Waals surface area contributed by atoms with Crippen LogP contribution in [0.5, 0.6) is 0 Å². The lowest BCUT2D eigenvalue weighted by Gasteiger charge is -2.09. The van der Waals surface area contributed by atoms with E-state index in [1.54, 1.807) is 0 Å². The first-order valence-electron chi connectivity index (χ1n) is 7.54. The van der Waals surface area contributed by atoms with Crippen LogP contribution in [0, 0.1) is 6.92 Å². The van der Waals surface area contributed by atoms with E-state index in [0.29, 0.717) is 11.7 Å². The Bertz CT molecular complexity index is 699. The number of halogens is 1. The second-order valence-corrected chi connectivity index (χ2v) is 7.34. The van der Waals surface area contributed by atoms with Crippen LogP contribution in [0.15, 0.2) is 27.8 Å². The van der Waals surface area contributed by atoms with Gasteiger partial charge in [0.1, 0.15) is 5.82 Å². The number of benzene rings is 1. The first kappa shape index (κ1) is 18.0. The van der Waals surface area contributed by atoms with Crippen molar-refractivity contribution in [3.63, 3.8) is 0 Å². The Hall–Kier alpha value is -1.34. The van der Waals surface area contributed by atoms with Crippen molar-refractivity contribution < 1.29 is 4.79 Å². The smallest absolute Gasteiger partial charge is 0.234 e. The van der Waals surface area contributed by atoms with E-state index in [-0.39, 0.29) is 5.91 Å². The summed E-state index contributed by atoms with van der Waals surface area (Å²) in [6.07, 6.45) is 0. The highest BCUT2D eigenvalue weighted by molar-refractivity contribution is 9.10. The largest absolute Gasteiger partial charge is 0.325 e. The van der Waals surface area contributed by atoms with Crippen molar-refractivity contribution >= 4 is 39.3 Å². The second-order valence-electron chi connectivity index (χ2n) is 5.54. The lowest BCUT2D eigenvalue weighted by molar-refractivity contribution is -0.113. The molecule has 0 aliphatic carbocycles. The molecule has 0 atom stereocenters. The zero-order valence-corrected chi connectivity index (χ0v) is 16.2. The average Bonchev–Trinajstić information content (AvgIpc) is 2.92. The molecule has 0 aliphatic heterocycles. The molecule has 0 bridgehead atoms. The molecule has 2 aromatic rings. The fraction of sp³-hybridized carbons (Fsp3) is 0.438. The number of hydrogen-bond donors (Lipinski definition) is 1. The van der Waals surface area contributed by atoms with Gasteiger partial charge in [0.2, 0.25) is 5.91 Å². The molecule has 0 fully saturated rings. The predicted molar refractivity (Wildman–Crippen MR) is 98.0 cm³/mol. The molecule has 5 nitrogen and oxygen atoms in total. The van der Waals surface area contributed by atoms with E-state index in [1.807, 2.05) is 25.1 Å². The Morgan fingerprint density at radius 1 is 1.39 bits per heavy atom. The normalized spacial score (nSPS) is 11.0. The summed E-state index contributed by atoms with van der Waals surface area (Å²) in [7, 11) is 0. The number of hydrogen-bond acceptors (Lipinski definition) is 4. The topological polar surface area (TPSA) is 59.8 Å². The number of amides is 1. The number of aryl methyl sites for hydroxylation is 1. The van der Waals surface area contributed by atoms with Gasteiger partial charge in [0.15, 0.2) is 5.16 Å². The van der Waals surface area contributed by atoms with E-state index in [9.17, 15) is 4.79 Å². The molecule has 0 aliphatic rings. The maximum atomic E-state index is 12.1. The summed E-state index contributed by atoms with van der Waals surface area (Å²) >= 11 is 4.86. The Morgan fingerprint density at radius 2 is 2.13 bits per heavy atom. The summed E-state index contributed by atoms with van der Waals surface area (Å²) in [6, 6.07) is 5.75. The summed E-state index contributed by atoms with van der Waals surface area (Å²) in [5.41, 5.74) is 1.89. The highest BCUT2D eigenvalue weighted by atomic mass is 79.9. The van der Waals surface area contributed by atoms with Gasteiger partial charge in [-0.3, -0.25) is 4.79 Å². The van der Waals surface area contributed by atoms with Crippen LogP contribution < -0.4 is 5.32 Å². The van der Waals surface area contributed by atoms with E-state index in [2.05, 4.69) is 56.8 Å². The monoisotopic (exact) mass is 396 g/mol. The van der Waals surface area contributed by atoms with E-state index < -0.39 is 0 Å². The maximum Gasteiger partial charge on any atom is 0.234 e. The van der Waals surface area contributed by atoms with Crippen molar-refractivity contribution in [2.75, 3.05) is 11.1 Å². The third kappa shape index (κ3) is 4.57. The average molecular weight is 397 g/mol. The van der Waals surface area contributed by atoms with Gasteiger partial charge in [0.25, 0.3) is 0 Å². The maximum absolute atomic E-state index is 12.1. The minimum absolute atomic E-state index is 0.0477. The van der Waals surface area contributed by atoms with Crippen molar-refractivity contribution in [1.82, 2.24) is 14.8 Å². The Morgan fingerprint density at radius 3 is 2.74 bits per heavy atom. The quantitative estimate of drug-likeness (QED) is 0.742. The van der Waals surface area contributed by atoms with Crippen molar-refractivity contribution in [2.45, 2.75) is 45.3 Å². The van der Waals surface area contributed by atoms with Crippen molar-refractivity contribution in [3.8, 4) is 0 Å². The number of rotatable bonds is 6. The predicted octanol–water partition coefficient (Wildman–Crippen LogP) is 4.22. The first-order valence-corrected chi connectivity index (χ1v) is 9.32. The molecule has 0 saturated heterocycles. The third-order valence-corrected chi connectivity index (χ3v) is 5.21. The van der Waals surface area contributed by atoms with Crippen LogP contribution in [0.25, 0.3) is 0 Å². The van der Waals surface area contributed by atoms with Gasteiger partial charge in [0, 0.05) is 22.6 Å². The molecule has 7 heteroatoms. The number of anilines is 1.